The molecule has 0 spiro atoms. The summed E-state index contributed by atoms with van der Waals surface area (Å²) in [5, 5.41) is 0. The van der Waals surface area contributed by atoms with Gasteiger partial charge in [0.05, 0.1) is 0 Å². The molecule has 0 N–H and O–H groups in total. The summed E-state index contributed by atoms with van der Waals surface area (Å²) in [6, 6.07) is 0. The Kier molecular flexibility index (Phi) is 3.57. The fraction of sp³-hybridized carbons (Fsp3) is 0.857. The third-order valence-electron chi connectivity index (χ3n) is 2.57. The highest BCUT2D eigenvalue weighted by Crippen LogP contribution is 2.65. The molecule has 1 heterocycles. The molecule has 1 rings (SSSR count). The quantitative estimate of drug-likeness (QED) is 0.486. The molecule has 0 aromatic carbocycles. The summed E-state index contributed by atoms with van der Waals surface area (Å²) in [5.41, 5.74) is -14.0. The van der Waals surface area contributed by atoms with Crippen molar-refractivity contribution in [2.45, 2.75) is 35.9 Å². The smallest absolute Gasteiger partial charge is 0.403 e. The second-order valence-corrected chi connectivity index (χ2v) is 3.81. The monoisotopic (exact) mass is 360 g/mol. The number of carbonyl (C=O) groups is 1. The number of hydrogen-bond acceptors (Lipinski definition) is 3. The highest BCUT2D eigenvalue weighted by molar-refractivity contribution is 5.66. The number of cyclic esters (lactones) is 2. The zero-order valence-electron chi connectivity index (χ0n) is 9.26. The van der Waals surface area contributed by atoms with Crippen LogP contribution in [0.4, 0.5) is 57.5 Å². The van der Waals surface area contributed by atoms with Gasteiger partial charge in [-0.05, 0) is 0 Å². The SMILES string of the molecule is O=C1OC(C(F)(F)F)(C(F)(F)F)C(C(F)(F)F)(C(F)(F)F)O1. The summed E-state index contributed by atoms with van der Waals surface area (Å²) < 4.78 is 156. The van der Waals surface area contributed by atoms with Gasteiger partial charge in [0.2, 0.25) is 0 Å². The fourth-order valence-corrected chi connectivity index (χ4v) is 1.77. The van der Waals surface area contributed by atoms with E-state index < -0.39 is 42.1 Å². The zero-order chi connectivity index (χ0) is 18.0. The van der Waals surface area contributed by atoms with E-state index in [-0.39, 0.29) is 0 Å². The summed E-state index contributed by atoms with van der Waals surface area (Å²) in [6.45, 7) is 0. The van der Waals surface area contributed by atoms with Gasteiger partial charge in [-0.1, -0.05) is 0 Å². The van der Waals surface area contributed by atoms with Crippen LogP contribution in [-0.4, -0.2) is 42.1 Å². The summed E-state index contributed by atoms with van der Waals surface area (Å²) in [7, 11) is 0. The van der Waals surface area contributed by atoms with Gasteiger partial charge in [-0.3, -0.25) is 0 Å². The lowest BCUT2D eigenvalue weighted by Crippen LogP contribution is -2.79. The highest BCUT2D eigenvalue weighted by Gasteiger charge is 3.01. The predicted octanol–water partition coefficient (Wildman–Crippen LogP) is 3.88. The van der Waals surface area contributed by atoms with E-state index in [9.17, 15) is 57.5 Å². The molecule has 0 radical (unpaired) electrons. The molecule has 0 aromatic rings. The van der Waals surface area contributed by atoms with Crippen molar-refractivity contribution in [3.05, 3.63) is 0 Å². The predicted molar refractivity (Wildman–Crippen MR) is 37.2 cm³/mol. The first-order valence-electron chi connectivity index (χ1n) is 4.54. The topological polar surface area (TPSA) is 35.5 Å². The maximum atomic E-state index is 12.6. The van der Waals surface area contributed by atoms with E-state index in [2.05, 4.69) is 9.47 Å². The van der Waals surface area contributed by atoms with Gasteiger partial charge in [0.1, 0.15) is 0 Å². The van der Waals surface area contributed by atoms with Crippen molar-refractivity contribution in [1.82, 2.24) is 0 Å². The Morgan fingerprint density at radius 3 is 0.864 bits per heavy atom. The molecule has 130 valence electrons. The van der Waals surface area contributed by atoms with Gasteiger partial charge in [-0.2, -0.15) is 52.7 Å². The van der Waals surface area contributed by atoms with Gasteiger partial charge in [0, 0.05) is 0 Å². The van der Waals surface area contributed by atoms with Crippen LogP contribution in [0.15, 0.2) is 0 Å². The molecule has 1 fully saturated rings. The highest BCUT2D eigenvalue weighted by atomic mass is 19.4. The average molecular weight is 360 g/mol. The van der Waals surface area contributed by atoms with Crippen LogP contribution in [0.2, 0.25) is 0 Å². The second kappa shape index (κ2) is 4.24. The van der Waals surface area contributed by atoms with Gasteiger partial charge < -0.3 is 9.47 Å². The van der Waals surface area contributed by atoms with Crippen molar-refractivity contribution < 1.29 is 67.0 Å². The lowest BCUT2D eigenvalue weighted by atomic mass is 9.79. The summed E-state index contributed by atoms with van der Waals surface area (Å²) in [6.07, 6.45) is -32.8. The lowest BCUT2D eigenvalue weighted by molar-refractivity contribution is -0.464. The number of ether oxygens (including phenoxy) is 2. The maximum absolute atomic E-state index is 12.6. The van der Waals surface area contributed by atoms with Crippen LogP contribution in [0.5, 0.6) is 0 Å². The minimum atomic E-state index is -7.34. The minimum Gasteiger partial charge on any atom is -0.403 e. The first-order chi connectivity index (χ1) is 9.35. The van der Waals surface area contributed by atoms with E-state index in [1.165, 1.54) is 0 Å². The van der Waals surface area contributed by atoms with Crippen LogP contribution in [0.1, 0.15) is 0 Å². The number of alkyl halides is 12. The molecule has 0 saturated carbocycles. The third kappa shape index (κ3) is 1.96. The van der Waals surface area contributed by atoms with Crippen LogP contribution in [-0.2, 0) is 9.47 Å². The summed E-state index contributed by atoms with van der Waals surface area (Å²) in [5.74, 6) is 0. The van der Waals surface area contributed by atoms with E-state index in [0.717, 1.165) is 0 Å². The fourth-order valence-electron chi connectivity index (χ4n) is 1.77. The molecule has 1 aliphatic rings. The van der Waals surface area contributed by atoms with Crippen LogP contribution in [0.25, 0.3) is 0 Å². The van der Waals surface area contributed by atoms with Crippen LogP contribution >= 0.6 is 0 Å². The summed E-state index contributed by atoms with van der Waals surface area (Å²) in [4.78, 5) is 10.4. The normalized spacial score (nSPS) is 22.3. The van der Waals surface area contributed by atoms with E-state index in [4.69, 9.17) is 0 Å². The Bertz CT molecular complexity index is 395. The minimum absolute atomic E-state index is 2.40. The average Bonchev–Trinajstić information content (AvgIpc) is 2.49. The molecule has 1 saturated heterocycles. The molecule has 22 heavy (non-hydrogen) atoms. The molecule has 0 aliphatic carbocycles. The van der Waals surface area contributed by atoms with E-state index in [0.29, 0.717) is 0 Å². The van der Waals surface area contributed by atoms with Crippen LogP contribution < -0.4 is 0 Å². The largest absolute Gasteiger partial charge is 0.511 e. The number of rotatable bonds is 0. The van der Waals surface area contributed by atoms with Crippen molar-refractivity contribution >= 4 is 6.16 Å². The van der Waals surface area contributed by atoms with Crippen molar-refractivity contribution in [3.8, 4) is 0 Å². The van der Waals surface area contributed by atoms with Crippen molar-refractivity contribution in [1.29, 1.82) is 0 Å². The molecule has 0 amide bonds. The number of hydrogen-bond donors (Lipinski definition) is 0. The van der Waals surface area contributed by atoms with Crippen LogP contribution in [0.3, 0.4) is 0 Å². The molecular weight excluding hydrogens is 360 g/mol. The third-order valence-corrected chi connectivity index (χ3v) is 2.57. The second-order valence-electron chi connectivity index (χ2n) is 3.81. The molecule has 15 heteroatoms. The van der Waals surface area contributed by atoms with Gasteiger partial charge in [-0.15, -0.1) is 0 Å². The molecule has 0 unspecified atom stereocenters. The maximum Gasteiger partial charge on any atom is 0.511 e. The Morgan fingerprint density at radius 1 is 0.545 bits per heavy atom. The lowest BCUT2D eigenvalue weighted by Gasteiger charge is -2.43. The Balaban J connectivity index is 3.99. The van der Waals surface area contributed by atoms with Crippen molar-refractivity contribution in [2.75, 3.05) is 0 Å². The standard InChI is InChI=1S/C7F12O3/c8-4(9,10)2(5(11,12)13)3(6(14,15)16,7(17,18)19)22-1(20)21-2. The Morgan fingerprint density at radius 2 is 0.727 bits per heavy atom. The zero-order valence-corrected chi connectivity index (χ0v) is 9.26. The van der Waals surface area contributed by atoms with E-state index in [1.807, 2.05) is 0 Å². The molecular formula is C7F12O3. The van der Waals surface area contributed by atoms with Crippen molar-refractivity contribution in [3.63, 3.8) is 0 Å². The van der Waals surface area contributed by atoms with Crippen LogP contribution in [0, 0.1) is 0 Å². The molecule has 1 aliphatic heterocycles. The van der Waals surface area contributed by atoms with E-state index >= 15 is 0 Å². The van der Waals surface area contributed by atoms with Gasteiger partial charge in [-0.25, -0.2) is 4.79 Å². The summed E-state index contributed by atoms with van der Waals surface area (Å²) >= 11 is 0. The Labute approximate surface area is 110 Å². The Hall–Kier alpha value is -1.57. The first kappa shape index (κ1) is 18.5. The van der Waals surface area contributed by atoms with Gasteiger partial charge in [0.25, 0.3) is 0 Å². The van der Waals surface area contributed by atoms with Gasteiger partial charge in [0.15, 0.2) is 0 Å². The van der Waals surface area contributed by atoms with Gasteiger partial charge >= 0.3 is 42.1 Å². The van der Waals surface area contributed by atoms with Crippen molar-refractivity contribution in [2.24, 2.45) is 0 Å². The molecule has 0 bridgehead atoms. The molecule has 0 atom stereocenters. The first-order valence-corrected chi connectivity index (χ1v) is 4.54. The molecule has 0 aromatic heterocycles. The van der Waals surface area contributed by atoms with E-state index in [1.54, 1.807) is 0 Å². The molecule has 3 nitrogen and oxygen atoms in total. The number of carbonyl (C=O) groups excluding carboxylic acids is 1. The number of halogens is 12.